The molecule has 2 aliphatic heterocycles. The molecule has 1 aromatic rings. The van der Waals surface area contributed by atoms with Gasteiger partial charge in [-0.05, 0) is 12.8 Å². The molecule has 2 fully saturated rings. The average Bonchev–Trinajstić information content (AvgIpc) is 2.94. The Kier molecular flexibility index (Phi) is 5.11. The summed E-state index contributed by atoms with van der Waals surface area (Å²) in [5.41, 5.74) is 0. The second kappa shape index (κ2) is 7.45. The van der Waals surface area contributed by atoms with Crippen molar-refractivity contribution < 1.29 is 23.9 Å². The molecule has 25 heavy (non-hydrogen) atoms. The van der Waals surface area contributed by atoms with E-state index in [1.807, 2.05) is 0 Å². The third-order valence-corrected chi connectivity index (χ3v) is 4.27. The topological polar surface area (TPSA) is 102 Å². The van der Waals surface area contributed by atoms with Crippen molar-refractivity contribution >= 4 is 17.7 Å². The molecule has 1 unspecified atom stereocenters. The van der Waals surface area contributed by atoms with Crippen LogP contribution in [0.3, 0.4) is 0 Å². The number of methoxy groups -OCH3 is 1. The molecule has 0 radical (unpaired) electrons. The number of carbonyl (C=O) groups is 3. The number of imide groups is 1. The quantitative estimate of drug-likeness (QED) is 0.690. The smallest absolute Gasteiger partial charge is 0.242 e. The fraction of sp³-hybridized carbons (Fsp3) is 0.562. The van der Waals surface area contributed by atoms with Crippen LogP contribution in [0.25, 0.3) is 0 Å². The van der Waals surface area contributed by atoms with Crippen LogP contribution in [0.15, 0.2) is 12.4 Å². The Balaban J connectivity index is 1.57. The van der Waals surface area contributed by atoms with Crippen LogP contribution in [-0.4, -0.2) is 70.3 Å². The Labute approximate surface area is 144 Å². The molecule has 0 N–H and O–H groups in total. The van der Waals surface area contributed by atoms with E-state index in [1.165, 1.54) is 19.5 Å². The lowest BCUT2D eigenvalue weighted by molar-refractivity contribution is -0.146. The maximum Gasteiger partial charge on any atom is 0.242 e. The first kappa shape index (κ1) is 17.1. The predicted octanol–water partition coefficient (Wildman–Crippen LogP) is 0.00400. The highest BCUT2D eigenvalue weighted by Gasteiger charge is 2.33. The van der Waals surface area contributed by atoms with Crippen molar-refractivity contribution in [3.63, 3.8) is 0 Å². The lowest BCUT2D eigenvalue weighted by atomic mass is 10.1. The van der Waals surface area contributed by atoms with E-state index in [-0.39, 0.29) is 43.2 Å². The molecule has 9 nitrogen and oxygen atoms in total. The second-order valence-electron chi connectivity index (χ2n) is 6.00. The first-order valence-electron chi connectivity index (χ1n) is 8.20. The summed E-state index contributed by atoms with van der Waals surface area (Å²) in [6, 6.07) is 0. The van der Waals surface area contributed by atoms with Gasteiger partial charge in [0.15, 0.2) is 0 Å². The summed E-state index contributed by atoms with van der Waals surface area (Å²) in [4.78, 5) is 46.5. The number of piperidine rings is 1. The number of likely N-dealkylation sites (tertiary alicyclic amines) is 2. The first-order chi connectivity index (χ1) is 12.1. The molecule has 2 aliphatic rings. The van der Waals surface area contributed by atoms with E-state index in [4.69, 9.17) is 9.47 Å². The highest BCUT2D eigenvalue weighted by molar-refractivity contribution is 6.04. The van der Waals surface area contributed by atoms with Gasteiger partial charge >= 0.3 is 0 Å². The molecular formula is C16H20N4O5. The SMILES string of the molecule is COc1cncc(OC2CCCN(C(=O)CN3C(=O)CCC3=O)C2)n1. The van der Waals surface area contributed by atoms with Crippen LogP contribution in [0.5, 0.6) is 11.8 Å². The third kappa shape index (κ3) is 4.04. The van der Waals surface area contributed by atoms with Gasteiger partial charge in [-0.1, -0.05) is 0 Å². The maximum absolute atomic E-state index is 12.4. The lowest BCUT2D eigenvalue weighted by Crippen LogP contribution is -2.48. The van der Waals surface area contributed by atoms with Gasteiger partial charge in [-0.15, -0.1) is 0 Å². The van der Waals surface area contributed by atoms with Crippen molar-refractivity contribution in [1.82, 2.24) is 19.8 Å². The van der Waals surface area contributed by atoms with Gasteiger partial charge in [-0.2, -0.15) is 4.98 Å². The number of aromatic nitrogens is 2. The molecular weight excluding hydrogens is 328 g/mol. The van der Waals surface area contributed by atoms with Gasteiger partial charge in [0.05, 0.1) is 26.0 Å². The molecule has 2 saturated heterocycles. The van der Waals surface area contributed by atoms with E-state index in [9.17, 15) is 14.4 Å². The Morgan fingerprint density at radius 1 is 1.24 bits per heavy atom. The Hall–Kier alpha value is -2.71. The molecule has 134 valence electrons. The first-order valence-corrected chi connectivity index (χ1v) is 8.20. The highest BCUT2D eigenvalue weighted by Crippen LogP contribution is 2.19. The number of carbonyl (C=O) groups excluding carboxylic acids is 3. The number of rotatable bonds is 5. The van der Waals surface area contributed by atoms with E-state index in [1.54, 1.807) is 4.90 Å². The van der Waals surface area contributed by atoms with Crippen LogP contribution < -0.4 is 9.47 Å². The van der Waals surface area contributed by atoms with E-state index >= 15 is 0 Å². The number of hydrogen-bond donors (Lipinski definition) is 0. The van der Waals surface area contributed by atoms with Crippen molar-refractivity contribution in [2.24, 2.45) is 0 Å². The summed E-state index contributed by atoms with van der Waals surface area (Å²) >= 11 is 0. The van der Waals surface area contributed by atoms with Crippen molar-refractivity contribution in [2.75, 3.05) is 26.7 Å². The molecule has 0 bridgehead atoms. The summed E-state index contributed by atoms with van der Waals surface area (Å²) in [7, 11) is 1.50. The Morgan fingerprint density at radius 3 is 2.68 bits per heavy atom. The summed E-state index contributed by atoms with van der Waals surface area (Å²) in [5, 5.41) is 0. The molecule has 0 aromatic carbocycles. The van der Waals surface area contributed by atoms with Gasteiger partial charge in [0, 0.05) is 19.4 Å². The summed E-state index contributed by atoms with van der Waals surface area (Å²) < 4.78 is 10.8. The minimum absolute atomic E-state index is 0.187. The minimum Gasteiger partial charge on any atom is -0.480 e. The predicted molar refractivity (Wildman–Crippen MR) is 84.8 cm³/mol. The fourth-order valence-corrected chi connectivity index (χ4v) is 2.95. The highest BCUT2D eigenvalue weighted by atomic mass is 16.5. The fourth-order valence-electron chi connectivity index (χ4n) is 2.95. The van der Waals surface area contributed by atoms with Gasteiger partial charge in [-0.25, -0.2) is 0 Å². The van der Waals surface area contributed by atoms with Crippen LogP contribution in [0.2, 0.25) is 0 Å². The van der Waals surface area contributed by atoms with Gasteiger partial charge in [-0.3, -0.25) is 24.3 Å². The van der Waals surface area contributed by atoms with Crippen LogP contribution in [0, 0.1) is 0 Å². The molecule has 3 heterocycles. The number of nitrogens with zero attached hydrogens (tertiary/aromatic N) is 4. The lowest BCUT2D eigenvalue weighted by Gasteiger charge is -2.33. The van der Waals surface area contributed by atoms with Crippen LogP contribution >= 0.6 is 0 Å². The van der Waals surface area contributed by atoms with Crippen molar-refractivity contribution in [3.8, 4) is 11.8 Å². The largest absolute Gasteiger partial charge is 0.480 e. The number of ether oxygens (including phenoxy) is 2. The number of amides is 3. The monoisotopic (exact) mass is 348 g/mol. The zero-order valence-corrected chi connectivity index (χ0v) is 14.0. The standard InChI is InChI=1S/C16H20N4O5/c1-24-12-7-17-8-13(18-12)25-11-3-2-6-19(9-11)16(23)10-20-14(21)4-5-15(20)22/h7-8,11H,2-6,9-10H2,1H3. The molecule has 1 aromatic heterocycles. The van der Waals surface area contributed by atoms with Gasteiger partial charge in [0.2, 0.25) is 29.5 Å². The molecule has 0 aliphatic carbocycles. The summed E-state index contributed by atoms with van der Waals surface area (Å²) in [5.74, 6) is -0.117. The molecule has 3 rings (SSSR count). The van der Waals surface area contributed by atoms with Gasteiger partial charge in [0.1, 0.15) is 12.6 Å². The molecule has 0 saturated carbocycles. The van der Waals surface area contributed by atoms with E-state index < -0.39 is 0 Å². The van der Waals surface area contributed by atoms with E-state index in [2.05, 4.69) is 9.97 Å². The van der Waals surface area contributed by atoms with Crippen LogP contribution in [0.4, 0.5) is 0 Å². The van der Waals surface area contributed by atoms with Crippen LogP contribution in [-0.2, 0) is 14.4 Å². The van der Waals surface area contributed by atoms with Crippen molar-refractivity contribution in [2.45, 2.75) is 31.8 Å². The van der Waals surface area contributed by atoms with Crippen molar-refractivity contribution in [3.05, 3.63) is 12.4 Å². The molecule has 1 atom stereocenters. The van der Waals surface area contributed by atoms with Crippen LogP contribution in [0.1, 0.15) is 25.7 Å². The van der Waals surface area contributed by atoms with Gasteiger partial charge < -0.3 is 14.4 Å². The summed E-state index contributed by atoms with van der Waals surface area (Å²) in [6.07, 6.45) is 4.68. The number of hydrogen-bond acceptors (Lipinski definition) is 7. The Bertz CT molecular complexity index is 664. The average molecular weight is 348 g/mol. The Morgan fingerprint density at radius 2 is 1.96 bits per heavy atom. The third-order valence-electron chi connectivity index (χ3n) is 4.27. The van der Waals surface area contributed by atoms with E-state index in [0.717, 1.165) is 17.7 Å². The zero-order valence-electron chi connectivity index (χ0n) is 14.0. The maximum atomic E-state index is 12.4. The van der Waals surface area contributed by atoms with Gasteiger partial charge in [0.25, 0.3) is 0 Å². The molecule has 0 spiro atoms. The zero-order chi connectivity index (χ0) is 17.8. The molecule has 9 heteroatoms. The van der Waals surface area contributed by atoms with Crippen molar-refractivity contribution in [1.29, 1.82) is 0 Å². The van der Waals surface area contributed by atoms with E-state index in [0.29, 0.717) is 24.8 Å². The normalized spacial score (nSPS) is 20.8. The minimum atomic E-state index is -0.283. The second-order valence-corrected chi connectivity index (χ2v) is 6.00. The summed E-state index contributed by atoms with van der Waals surface area (Å²) in [6.45, 7) is 0.774. The molecule has 3 amide bonds.